The van der Waals surface area contributed by atoms with Crippen LogP contribution in [0.3, 0.4) is 0 Å². The van der Waals surface area contributed by atoms with Crippen molar-refractivity contribution in [3.63, 3.8) is 0 Å². The zero-order chi connectivity index (χ0) is 13.0. The predicted molar refractivity (Wildman–Crippen MR) is 57.8 cm³/mol. The Morgan fingerprint density at radius 3 is 2.41 bits per heavy atom. The van der Waals surface area contributed by atoms with Gasteiger partial charge in [-0.15, -0.1) is 0 Å². The first-order chi connectivity index (χ1) is 8.01. The normalized spacial score (nSPS) is 37.8. The number of rotatable bonds is 4. The maximum atomic E-state index is 9.90. The topological polar surface area (TPSA) is 101 Å². The highest BCUT2D eigenvalue weighted by Crippen LogP contribution is 2.24. The highest BCUT2D eigenvalue weighted by atomic mass is 16.7. The molecular weight excluding hydrogens is 230 g/mol. The number of hydrogen-bond acceptors (Lipinski definition) is 7. The van der Waals surface area contributed by atoms with Crippen molar-refractivity contribution in [2.24, 2.45) is 0 Å². The van der Waals surface area contributed by atoms with Gasteiger partial charge in [-0.2, -0.15) is 0 Å². The molecule has 17 heavy (non-hydrogen) atoms. The standard InChI is InChI=1S/C10H19NO6/c1-5(11)16-9-8(13)7(12)6(4-14-2)17-10(9)15-3/h6-13H,4H2,1-3H3. The summed E-state index contributed by atoms with van der Waals surface area (Å²) >= 11 is 0. The first kappa shape index (κ1) is 14.3. The van der Waals surface area contributed by atoms with Crippen LogP contribution in [-0.4, -0.2) is 67.6 Å². The molecule has 7 heteroatoms. The lowest BCUT2D eigenvalue weighted by atomic mass is 9.99. The molecule has 0 amide bonds. The van der Waals surface area contributed by atoms with Crippen molar-refractivity contribution in [3.8, 4) is 0 Å². The van der Waals surface area contributed by atoms with Crippen molar-refractivity contribution in [1.29, 1.82) is 5.41 Å². The summed E-state index contributed by atoms with van der Waals surface area (Å²) < 4.78 is 20.4. The summed E-state index contributed by atoms with van der Waals surface area (Å²) in [5.41, 5.74) is 0. The van der Waals surface area contributed by atoms with Crippen LogP contribution in [0.15, 0.2) is 0 Å². The first-order valence-corrected chi connectivity index (χ1v) is 5.26. The van der Waals surface area contributed by atoms with E-state index in [4.69, 9.17) is 24.4 Å². The maximum absolute atomic E-state index is 9.90. The summed E-state index contributed by atoms with van der Waals surface area (Å²) in [6, 6.07) is 0. The van der Waals surface area contributed by atoms with Crippen molar-refractivity contribution >= 4 is 5.90 Å². The molecule has 100 valence electrons. The molecule has 0 saturated carbocycles. The van der Waals surface area contributed by atoms with Crippen LogP contribution >= 0.6 is 0 Å². The zero-order valence-electron chi connectivity index (χ0n) is 10.1. The van der Waals surface area contributed by atoms with Crippen molar-refractivity contribution in [2.75, 3.05) is 20.8 Å². The van der Waals surface area contributed by atoms with Crippen molar-refractivity contribution in [2.45, 2.75) is 37.6 Å². The minimum atomic E-state index is -1.20. The van der Waals surface area contributed by atoms with E-state index in [1.807, 2.05) is 0 Å². The van der Waals surface area contributed by atoms with E-state index in [0.29, 0.717) is 0 Å². The Hall–Kier alpha value is -0.730. The van der Waals surface area contributed by atoms with Gasteiger partial charge in [0.15, 0.2) is 18.3 Å². The average Bonchev–Trinajstić information content (AvgIpc) is 2.28. The predicted octanol–water partition coefficient (Wildman–Crippen LogP) is -0.892. The third-order valence-corrected chi connectivity index (χ3v) is 2.52. The summed E-state index contributed by atoms with van der Waals surface area (Å²) in [5.74, 6) is -0.0860. The Labute approximate surface area is 99.7 Å². The molecule has 1 heterocycles. The number of aliphatic hydroxyl groups excluding tert-OH is 2. The molecule has 0 aliphatic carbocycles. The number of nitrogens with one attached hydrogen (secondary N) is 1. The van der Waals surface area contributed by atoms with Gasteiger partial charge in [-0.25, -0.2) is 0 Å². The highest BCUT2D eigenvalue weighted by molar-refractivity contribution is 5.69. The lowest BCUT2D eigenvalue weighted by Crippen LogP contribution is -2.60. The maximum Gasteiger partial charge on any atom is 0.197 e. The van der Waals surface area contributed by atoms with E-state index in [1.54, 1.807) is 0 Å². The largest absolute Gasteiger partial charge is 0.470 e. The zero-order valence-corrected chi connectivity index (χ0v) is 10.1. The van der Waals surface area contributed by atoms with Crippen LogP contribution in [0.4, 0.5) is 0 Å². The van der Waals surface area contributed by atoms with Crippen LogP contribution in [0.1, 0.15) is 6.92 Å². The molecule has 1 fully saturated rings. The van der Waals surface area contributed by atoms with Gasteiger partial charge in [0.25, 0.3) is 0 Å². The molecule has 5 atom stereocenters. The van der Waals surface area contributed by atoms with E-state index in [9.17, 15) is 10.2 Å². The first-order valence-electron chi connectivity index (χ1n) is 5.26. The van der Waals surface area contributed by atoms with E-state index < -0.39 is 30.7 Å². The number of aliphatic hydroxyl groups is 2. The lowest BCUT2D eigenvalue weighted by molar-refractivity contribution is -0.292. The van der Waals surface area contributed by atoms with E-state index in [2.05, 4.69) is 0 Å². The van der Waals surface area contributed by atoms with Crippen molar-refractivity contribution < 1.29 is 29.2 Å². The van der Waals surface area contributed by atoms with Crippen LogP contribution in [0.5, 0.6) is 0 Å². The smallest absolute Gasteiger partial charge is 0.197 e. The van der Waals surface area contributed by atoms with E-state index in [1.165, 1.54) is 21.1 Å². The Bertz CT molecular complexity index is 259. The van der Waals surface area contributed by atoms with Crippen LogP contribution in [0.25, 0.3) is 0 Å². The fourth-order valence-corrected chi connectivity index (χ4v) is 1.73. The fourth-order valence-electron chi connectivity index (χ4n) is 1.73. The minimum absolute atomic E-state index is 0.0860. The second kappa shape index (κ2) is 6.27. The van der Waals surface area contributed by atoms with Crippen LogP contribution in [0.2, 0.25) is 0 Å². The molecule has 1 aliphatic heterocycles. The Morgan fingerprint density at radius 2 is 1.94 bits per heavy atom. The van der Waals surface area contributed by atoms with E-state index in [-0.39, 0.29) is 12.5 Å². The van der Waals surface area contributed by atoms with Gasteiger partial charge in [0, 0.05) is 21.1 Å². The van der Waals surface area contributed by atoms with E-state index >= 15 is 0 Å². The quantitative estimate of drug-likeness (QED) is 0.441. The molecular formula is C10H19NO6. The lowest BCUT2D eigenvalue weighted by Gasteiger charge is -2.41. The van der Waals surface area contributed by atoms with Gasteiger partial charge in [0.1, 0.15) is 18.3 Å². The number of ether oxygens (including phenoxy) is 4. The van der Waals surface area contributed by atoms with Gasteiger partial charge in [-0.05, 0) is 0 Å². The summed E-state index contributed by atoms with van der Waals surface area (Å²) in [6.07, 6.45) is -4.82. The molecule has 1 aliphatic rings. The average molecular weight is 249 g/mol. The molecule has 1 saturated heterocycles. The SMILES string of the molecule is COCC1OC(OC)C(OC(C)=N)C(O)C1O. The van der Waals surface area contributed by atoms with Gasteiger partial charge >= 0.3 is 0 Å². The monoisotopic (exact) mass is 249 g/mol. The van der Waals surface area contributed by atoms with Gasteiger partial charge < -0.3 is 29.2 Å². The van der Waals surface area contributed by atoms with Gasteiger partial charge in [0.05, 0.1) is 6.61 Å². The van der Waals surface area contributed by atoms with Crippen molar-refractivity contribution in [1.82, 2.24) is 0 Å². The van der Waals surface area contributed by atoms with E-state index in [0.717, 1.165) is 0 Å². The summed E-state index contributed by atoms with van der Waals surface area (Å²) in [4.78, 5) is 0. The molecule has 1 rings (SSSR count). The Kier molecular flexibility index (Phi) is 5.29. The molecule has 0 aromatic carbocycles. The van der Waals surface area contributed by atoms with Gasteiger partial charge in [-0.1, -0.05) is 0 Å². The fraction of sp³-hybridized carbons (Fsp3) is 0.900. The molecule has 0 radical (unpaired) electrons. The third-order valence-electron chi connectivity index (χ3n) is 2.52. The second-order valence-electron chi connectivity index (χ2n) is 3.85. The molecule has 3 N–H and O–H groups in total. The van der Waals surface area contributed by atoms with Gasteiger partial charge in [-0.3, -0.25) is 5.41 Å². The summed E-state index contributed by atoms with van der Waals surface area (Å²) in [7, 11) is 2.86. The van der Waals surface area contributed by atoms with Crippen LogP contribution in [0, 0.1) is 5.41 Å². The van der Waals surface area contributed by atoms with Crippen molar-refractivity contribution in [3.05, 3.63) is 0 Å². The molecule has 7 nitrogen and oxygen atoms in total. The Morgan fingerprint density at radius 1 is 1.29 bits per heavy atom. The summed E-state index contributed by atoms with van der Waals surface area (Å²) in [6.45, 7) is 1.56. The molecule has 0 bridgehead atoms. The van der Waals surface area contributed by atoms with Gasteiger partial charge in [0.2, 0.25) is 0 Å². The second-order valence-corrected chi connectivity index (χ2v) is 3.85. The highest BCUT2D eigenvalue weighted by Gasteiger charge is 2.46. The third kappa shape index (κ3) is 3.36. The molecule has 5 unspecified atom stereocenters. The number of methoxy groups -OCH3 is 2. The Balaban J connectivity index is 2.75. The molecule has 0 aromatic rings. The van der Waals surface area contributed by atoms with Crippen LogP contribution < -0.4 is 0 Å². The molecule has 0 spiro atoms. The summed E-state index contributed by atoms with van der Waals surface area (Å²) in [5, 5.41) is 26.9. The molecule has 0 aromatic heterocycles. The number of hydrogen-bond donors (Lipinski definition) is 3. The van der Waals surface area contributed by atoms with Crippen LogP contribution in [-0.2, 0) is 18.9 Å². The minimum Gasteiger partial charge on any atom is -0.470 e.